The fraction of sp³-hybridized carbons (Fsp3) is 0.318. The van der Waals surface area contributed by atoms with E-state index in [1.807, 2.05) is 30.3 Å². The second kappa shape index (κ2) is 19.4. The molecule has 2 saturated heterocycles. The molecule has 0 aliphatic carbocycles. The van der Waals surface area contributed by atoms with Crippen molar-refractivity contribution in [1.82, 2.24) is 25.1 Å². The van der Waals surface area contributed by atoms with Crippen molar-refractivity contribution in [1.29, 1.82) is 5.41 Å². The number of aromatic nitrogens is 2. The van der Waals surface area contributed by atoms with Crippen LogP contribution in [0.4, 0.5) is 17.3 Å². The first-order valence-corrected chi connectivity index (χ1v) is 20.1. The number of hydrogen-bond donors (Lipinski definition) is 5. The lowest BCUT2D eigenvalue weighted by Crippen LogP contribution is -2.54. The Labute approximate surface area is 352 Å². The zero-order valence-corrected chi connectivity index (χ0v) is 33.5. The molecule has 3 aliphatic rings. The first-order chi connectivity index (χ1) is 29.6. The van der Waals surface area contributed by atoms with Gasteiger partial charge in [0.15, 0.2) is 0 Å². The molecular weight excluding hydrogens is 783 g/mol. The highest BCUT2D eigenvalue weighted by molar-refractivity contribution is 6.25. The van der Waals surface area contributed by atoms with Crippen LogP contribution < -0.4 is 26.4 Å². The molecule has 0 saturated carbocycles. The Morgan fingerprint density at radius 1 is 0.902 bits per heavy atom. The number of carbonyl (C=O) groups is 5. The van der Waals surface area contributed by atoms with Crippen molar-refractivity contribution < 1.29 is 38.2 Å². The van der Waals surface area contributed by atoms with Crippen molar-refractivity contribution in [3.05, 3.63) is 114 Å². The summed E-state index contributed by atoms with van der Waals surface area (Å²) in [5.41, 5.74) is 8.68. The Morgan fingerprint density at radius 3 is 2.43 bits per heavy atom. The van der Waals surface area contributed by atoms with Crippen molar-refractivity contribution >= 4 is 52.6 Å². The number of rotatable bonds is 18. The van der Waals surface area contributed by atoms with Crippen molar-refractivity contribution in [2.45, 2.75) is 44.2 Å². The summed E-state index contributed by atoms with van der Waals surface area (Å²) in [6.45, 7) is 6.49. The number of nitrogens with two attached hydrogens (primary N) is 1. The summed E-state index contributed by atoms with van der Waals surface area (Å²) in [6.07, 6.45) is 3.37. The average Bonchev–Trinajstić information content (AvgIpc) is 3.52. The lowest BCUT2D eigenvalue weighted by Gasteiger charge is -2.34. The zero-order chi connectivity index (χ0) is 42.9. The van der Waals surface area contributed by atoms with Gasteiger partial charge in [0.2, 0.25) is 17.7 Å². The van der Waals surface area contributed by atoms with Crippen LogP contribution in [0.15, 0.2) is 91.3 Å². The van der Waals surface area contributed by atoms with E-state index in [4.69, 9.17) is 25.4 Å². The van der Waals surface area contributed by atoms with E-state index in [0.29, 0.717) is 65.8 Å². The van der Waals surface area contributed by atoms with Crippen LogP contribution >= 0.6 is 0 Å². The molecule has 1 aromatic heterocycles. The molecule has 4 heterocycles. The molecule has 5 amide bonds. The summed E-state index contributed by atoms with van der Waals surface area (Å²) < 4.78 is 17.3. The van der Waals surface area contributed by atoms with E-state index in [0.717, 1.165) is 17.7 Å². The number of fused-ring (bicyclic) bond motifs is 1. The van der Waals surface area contributed by atoms with E-state index < -0.39 is 29.7 Å². The molecule has 2 atom stereocenters. The third-order valence-corrected chi connectivity index (χ3v) is 10.6. The number of nitrogens with one attached hydrogen (secondary N) is 4. The Kier molecular flexibility index (Phi) is 13.4. The highest BCUT2D eigenvalue weighted by Gasteiger charge is 2.45. The third-order valence-electron chi connectivity index (χ3n) is 10.6. The lowest BCUT2D eigenvalue weighted by molar-refractivity contribution is -0.136. The quantitative estimate of drug-likeness (QED) is 0.0411. The van der Waals surface area contributed by atoms with E-state index in [-0.39, 0.29) is 73.9 Å². The minimum atomic E-state index is -1.04. The van der Waals surface area contributed by atoms with Gasteiger partial charge in [-0.1, -0.05) is 30.8 Å². The summed E-state index contributed by atoms with van der Waals surface area (Å²) in [7, 11) is 0. The van der Waals surface area contributed by atoms with E-state index in [2.05, 4.69) is 32.5 Å². The highest BCUT2D eigenvalue weighted by Crippen LogP contribution is 2.32. The Morgan fingerprint density at radius 2 is 1.66 bits per heavy atom. The van der Waals surface area contributed by atoms with Crippen LogP contribution in [0.2, 0.25) is 0 Å². The van der Waals surface area contributed by atoms with Crippen molar-refractivity contribution in [3.63, 3.8) is 0 Å². The maximum absolute atomic E-state index is 13.4. The number of benzene rings is 3. The lowest BCUT2D eigenvalue weighted by atomic mass is 10.0. The van der Waals surface area contributed by atoms with Crippen LogP contribution in [0.1, 0.15) is 63.9 Å². The molecule has 3 aromatic carbocycles. The van der Waals surface area contributed by atoms with E-state index in [9.17, 15) is 24.0 Å². The molecule has 3 aliphatic heterocycles. The number of anilines is 3. The van der Waals surface area contributed by atoms with Gasteiger partial charge in [-0.05, 0) is 67.8 Å². The molecule has 0 spiro atoms. The normalized spacial score (nSPS) is 17.4. The molecular formula is C44H47N9O8. The maximum Gasteiger partial charge on any atom is 0.264 e. The number of carbonyl (C=O) groups excluding carboxylic acids is 5. The van der Waals surface area contributed by atoms with Crippen LogP contribution in [0.5, 0.6) is 11.5 Å². The van der Waals surface area contributed by atoms with Crippen LogP contribution in [0, 0.1) is 5.41 Å². The molecule has 17 nitrogen and oxygen atoms in total. The summed E-state index contributed by atoms with van der Waals surface area (Å²) >= 11 is 0. The first-order valence-electron chi connectivity index (χ1n) is 20.1. The van der Waals surface area contributed by atoms with E-state index >= 15 is 0 Å². The average molecular weight is 830 g/mol. The van der Waals surface area contributed by atoms with E-state index in [1.165, 1.54) is 12.4 Å². The minimum Gasteiger partial charge on any atom is -0.457 e. The second-order valence-corrected chi connectivity index (χ2v) is 14.7. The smallest absolute Gasteiger partial charge is 0.264 e. The maximum atomic E-state index is 13.4. The Bertz CT molecular complexity index is 2320. The highest BCUT2D eigenvalue weighted by atomic mass is 16.5. The monoisotopic (exact) mass is 829 g/mol. The van der Waals surface area contributed by atoms with Gasteiger partial charge in [0, 0.05) is 55.3 Å². The van der Waals surface area contributed by atoms with Crippen LogP contribution in [0.3, 0.4) is 0 Å². The molecule has 4 aromatic rings. The molecule has 61 heavy (non-hydrogen) atoms. The third kappa shape index (κ3) is 9.91. The summed E-state index contributed by atoms with van der Waals surface area (Å²) in [5.74, 6) is -0.482. The Hall–Kier alpha value is -6.98. The van der Waals surface area contributed by atoms with Gasteiger partial charge in [-0.15, -0.1) is 0 Å². The van der Waals surface area contributed by atoms with Gasteiger partial charge in [0.05, 0.1) is 48.8 Å². The summed E-state index contributed by atoms with van der Waals surface area (Å²) in [5, 5.41) is 17.7. The number of piperidine rings is 2. The minimum absolute atomic E-state index is 0.0457. The van der Waals surface area contributed by atoms with Gasteiger partial charge in [-0.25, -0.2) is 9.97 Å². The number of nitrogens with zero attached hydrogens (tertiary/aromatic N) is 4. The van der Waals surface area contributed by atoms with E-state index in [1.54, 1.807) is 41.3 Å². The molecule has 0 radical (unpaired) electrons. The van der Waals surface area contributed by atoms with Crippen LogP contribution in [0.25, 0.3) is 0 Å². The van der Waals surface area contributed by atoms with Crippen molar-refractivity contribution in [3.8, 4) is 11.5 Å². The zero-order valence-electron chi connectivity index (χ0n) is 33.5. The molecule has 0 bridgehead atoms. The Balaban J connectivity index is 0.814. The number of amides is 5. The molecule has 6 N–H and O–H groups in total. The molecule has 7 rings (SSSR count). The SMILES string of the molecule is C=C(CCOCCOCCNc1cccc2c1C(=O)N(C1CCC(=O)NC1=O)C2=O)C(=O)N1CCCC(Nc2ncnc(N)c2C(=N)c2ccc(Oc3ccccc3)cc2)C1. The van der Waals surface area contributed by atoms with Gasteiger partial charge >= 0.3 is 0 Å². The van der Waals surface area contributed by atoms with Gasteiger partial charge in [0.25, 0.3) is 11.8 Å². The summed E-state index contributed by atoms with van der Waals surface area (Å²) in [4.78, 5) is 75.0. The van der Waals surface area contributed by atoms with Crippen LogP contribution in [-0.2, 0) is 23.9 Å². The number of likely N-dealkylation sites (tertiary alicyclic amines) is 1. The number of para-hydroxylation sites is 1. The summed E-state index contributed by atoms with van der Waals surface area (Å²) in [6, 6.07) is 20.3. The standard InChI is InChI=1S/C44H47N9O8/c1-27(18-21-59-23-24-60-22-19-47-33-11-5-10-32-36(33)44(58)53(43(32)57)34-16-17-35(54)51-41(34)55)42(56)52-20-6-7-29(25-52)50-40-37(39(46)48-26-49-40)38(45)28-12-14-31(15-13-28)61-30-8-3-2-4-9-30/h2-5,8-15,26,29,34,45,47H,1,6-7,16-25H2,(H,51,54,55)(H3,46,48,49,50). The molecule has 2 unspecified atom stereocenters. The number of hydrogen-bond acceptors (Lipinski definition) is 14. The molecule has 17 heteroatoms. The topological polar surface area (TPSA) is 231 Å². The van der Waals surface area contributed by atoms with Gasteiger partial charge < -0.3 is 35.5 Å². The molecule has 316 valence electrons. The van der Waals surface area contributed by atoms with Crippen molar-refractivity contribution in [2.24, 2.45) is 0 Å². The largest absolute Gasteiger partial charge is 0.457 e. The fourth-order valence-corrected chi connectivity index (χ4v) is 7.45. The first kappa shape index (κ1) is 42.2. The van der Waals surface area contributed by atoms with Crippen molar-refractivity contribution in [2.75, 3.05) is 62.4 Å². The van der Waals surface area contributed by atoms with Gasteiger partial charge in [-0.2, -0.15) is 0 Å². The second-order valence-electron chi connectivity index (χ2n) is 14.7. The molecule has 2 fully saturated rings. The number of nitrogen functional groups attached to an aromatic ring is 1. The predicted molar refractivity (Wildman–Crippen MR) is 226 cm³/mol. The number of ether oxygens (including phenoxy) is 3. The van der Waals surface area contributed by atoms with Crippen LogP contribution in [-0.4, -0.2) is 113 Å². The van der Waals surface area contributed by atoms with Gasteiger partial charge in [-0.3, -0.25) is 39.6 Å². The fourth-order valence-electron chi connectivity index (χ4n) is 7.45. The number of imide groups is 2. The van der Waals surface area contributed by atoms with Gasteiger partial charge in [0.1, 0.15) is 35.5 Å². The predicted octanol–water partition coefficient (Wildman–Crippen LogP) is 4.16.